The Bertz CT molecular complexity index is 1420. The van der Waals surface area contributed by atoms with Crippen LogP contribution in [0.5, 0.6) is 0 Å². The molecule has 7 heteroatoms. The molecule has 2 aromatic heterocycles. The summed E-state index contributed by atoms with van der Waals surface area (Å²) in [6.07, 6.45) is 6.21. The fourth-order valence-corrected chi connectivity index (χ4v) is 5.39. The van der Waals surface area contributed by atoms with Gasteiger partial charge in [0.2, 0.25) is 0 Å². The summed E-state index contributed by atoms with van der Waals surface area (Å²) in [5.41, 5.74) is 12.3. The van der Waals surface area contributed by atoms with E-state index < -0.39 is 5.60 Å². The quantitative estimate of drug-likeness (QED) is 0.230. The molecule has 0 spiro atoms. The number of pyridine rings is 1. The number of aromatic nitrogens is 2. The molecule has 206 valence electrons. The lowest BCUT2D eigenvalue weighted by Crippen LogP contribution is -2.27. The Morgan fingerprint density at radius 3 is 2.23 bits per heavy atom. The van der Waals surface area contributed by atoms with E-state index in [0.29, 0.717) is 11.8 Å². The van der Waals surface area contributed by atoms with Crippen LogP contribution in [0.3, 0.4) is 0 Å². The summed E-state index contributed by atoms with van der Waals surface area (Å²) in [5, 5.41) is 13.4. The molecule has 39 heavy (non-hydrogen) atoms. The van der Waals surface area contributed by atoms with Gasteiger partial charge in [0.05, 0.1) is 27.8 Å². The van der Waals surface area contributed by atoms with E-state index in [0.717, 1.165) is 89.9 Å². The molecule has 1 aliphatic carbocycles. The molecule has 1 saturated heterocycles. The van der Waals surface area contributed by atoms with Crippen molar-refractivity contribution >= 4 is 27.6 Å². The molecular formula is C32H41N5O2. The van der Waals surface area contributed by atoms with E-state index in [4.69, 9.17) is 21.3 Å². The first-order chi connectivity index (χ1) is 18.7. The SMILES string of the molecule is CN(N)/C(=C(\N)C1CC1)c1cnc2c3ccc(C(C)(C)O)cc3n(CC3CCOCC3)c2c1.c1ccccc1. The molecule has 2 aliphatic rings. The van der Waals surface area contributed by atoms with E-state index in [1.54, 1.807) is 5.01 Å². The summed E-state index contributed by atoms with van der Waals surface area (Å²) in [6.45, 7) is 6.15. The lowest BCUT2D eigenvalue weighted by molar-refractivity contribution is 0.0619. The summed E-state index contributed by atoms with van der Waals surface area (Å²) < 4.78 is 7.96. The molecule has 0 bridgehead atoms. The highest BCUT2D eigenvalue weighted by Gasteiger charge is 2.29. The number of hydrogen-bond donors (Lipinski definition) is 3. The number of nitrogens with zero attached hydrogens (tertiary/aromatic N) is 3. The Morgan fingerprint density at radius 1 is 1.03 bits per heavy atom. The third-order valence-corrected chi connectivity index (χ3v) is 7.77. The summed E-state index contributed by atoms with van der Waals surface area (Å²) in [7, 11) is 1.84. The zero-order valence-electron chi connectivity index (χ0n) is 23.3. The molecular weight excluding hydrogens is 486 g/mol. The molecule has 2 fully saturated rings. The third-order valence-electron chi connectivity index (χ3n) is 7.77. The van der Waals surface area contributed by atoms with Gasteiger partial charge in [0.1, 0.15) is 0 Å². The van der Waals surface area contributed by atoms with Gasteiger partial charge in [-0.15, -0.1) is 0 Å². The zero-order chi connectivity index (χ0) is 27.6. The smallest absolute Gasteiger partial charge is 0.0960 e. The van der Waals surface area contributed by atoms with Crippen LogP contribution in [-0.4, -0.2) is 39.9 Å². The highest BCUT2D eigenvalue weighted by molar-refractivity contribution is 6.06. The molecule has 5 N–H and O–H groups in total. The number of allylic oxidation sites excluding steroid dienone is 1. The minimum Gasteiger partial charge on any atom is -0.400 e. The van der Waals surface area contributed by atoms with Gasteiger partial charge in [-0.2, -0.15) is 0 Å². The standard InChI is InChI=1S/C26H35N5O2.C6H6/c1-26(2,32)19-6-7-20-21(13-19)31(15-16-8-10-33-11-9-16)22-12-18(14-29-24(20)22)25(30(3)28)23(27)17-4-5-17;1-2-4-6-5-3-1/h6-7,12-14,16-17,32H,4-5,8-11,15,27-28H2,1-3H3;1-6H/b25-23-;. The maximum atomic E-state index is 10.7. The Hall–Kier alpha value is -3.39. The van der Waals surface area contributed by atoms with Crippen LogP contribution in [0.25, 0.3) is 27.6 Å². The van der Waals surface area contributed by atoms with Crippen LogP contribution >= 0.6 is 0 Å². The predicted molar refractivity (Wildman–Crippen MR) is 158 cm³/mol. The fourth-order valence-electron chi connectivity index (χ4n) is 5.39. The maximum absolute atomic E-state index is 10.7. The minimum atomic E-state index is -0.913. The van der Waals surface area contributed by atoms with Gasteiger partial charge in [0.25, 0.3) is 0 Å². The minimum absolute atomic E-state index is 0.407. The van der Waals surface area contributed by atoms with Crippen molar-refractivity contribution in [2.45, 2.75) is 51.7 Å². The van der Waals surface area contributed by atoms with Gasteiger partial charge in [-0.05, 0) is 63.1 Å². The largest absolute Gasteiger partial charge is 0.400 e. The Kier molecular flexibility index (Phi) is 7.93. The van der Waals surface area contributed by atoms with Gasteiger partial charge in [-0.25, -0.2) is 5.84 Å². The van der Waals surface area contributed by atoms with E-state index in [2.05, 4.69) is 22.8 Å². The van der Waals surface area contributed by atoms with Crippen molar-refractivity contribution in [2.75, 3.05) is 20.3 Å². The summed E-state index contributed by atoms with van der Waals surface area (Å²) in [5.74, 6) is 7.17. The van der Waals surface area contributed by atoms with Gasteiger partial charge in [0.15, 0.2) is 0 Å². The first kappa shape index (κ1) is 27.2. The van der Waals surface area contributed by atoms with Crippen molar-refractivity contribution in [2.24, 2.45) is 23.4 Å². The van der Waals surface area contributed by atoms with Crippen molar-refractivity contribution in [3.63, 3.8) is 0 Å². The van der Waals surface area contributed by atoms with E-state index in [-0.39, 0.29) is 0 Å². The predicted octanol–water partition coefficient (Wildman–Crippen LogP) is 5.37. The van der Waals surface area contributed by atoms with Crippen molar-refractivity contribution < 1.29 is 9.84 Å². The number of fused-ring (bicyclic) bond motifs is 3. The van der Waals surface area contributed by atoms with Gasteiger partial charge < -0.3 is 25.2 Å². The van der Waals surface area contributed by atoms with Crippen LogP contribution in [0.15, 0.2) is 72.6 Å². The maximum Gasteiger partial charge on any atom is 0.0960 e. The van der Waals surface area contributed by atoms with Gasteiger partial charge in [-0.3, -0.25) is 4.98 Å². The molecule has 7 nitrogen and oxygen atoms in total. The van der Waals surface area contributed by atoms with Crippen molar-refractivity contribution in [3.05, 3.63) is 83.7 Å². The molecule has 3 heterocycles. The topological polar surface area (TPSA) is 103 Å². The van der Waals surface area contributed by atoms with Crippen LogP contribution in [-0.2, 0) is 16.9 Å². The average molecular weight is 528 g/mol. The molecule has 6 rings (SSSR count). The van der Waals surface area contributed by atoms with Crippen molar-refractivity contribution in [3.8, 4) is 0 Å². The lowest BCUT2D eigenvalue weighted by Gasteiger charge is -2.24. The molecule has 2 aromatic carbocycles. The molecule has 0 amide bonds. The summed E-state index contributed by atoms with van der Waals surface area (Å²) >= 11 is 0. The Morgan fingerprint density at radius 2 is 1.67 bits per heavy atom. The molecule has 0 unspecified atom stereocenters. The number of aliphatic hydroxyl groups is 1. The van der Waals surface area contributed by atoms with E-state index >= 15 is 0 Å². The number of hydrazine groups is 1. The first-order valence-electron chi connectivity index (χ1n) is 13.9. The number of nitrogens with two attached hydrogens (primary N) is 2. The normalized spacial score (nSPS) is 17.1. The molecule has 1 saturated carbocycles. The van der Waals surface area contributed by atoms with Gasteiger partial charge >= 0.3 is 0 Å². The fraction of sp³-hybridized carbons (Fsp3) is 0.406. The Labute approximate surface area is 231 Å². The third kappa shape index (κ3) is 6.11. The van der Waals surface area contributed by atoms with Crippen LogP contribution in [0.1, 0.15) is 50.7 Å². The number of ether oxygens (including phenoxy) is 1. The monoisotopic (exact) mass is 527 g/mol. The Balaban J connectivity index is 0.000000455. The highest BCUT2D eigenvalue weighted by atomic mass is 16.5. The van der Waals surface area contributed by atoms with Gasteiger partial charge in [-0.1, -0.05) is 48.5 Å². The summed E-state index contributed by atoms with van der Waals surface area (Å²) in [6, 6.07) is 20.4. The second kappa shape index (κ2) is 11.4. The van der Waals surface area contributed by atoms with Crippen LogP contribution < -0.4 is 11.6 Å². The van der Waals surface area contributed by atoms with Gasteiger partial charge in [0, 0.05) is 55.6 Å². The molecule has 4 aromatic rings. The highest BCUT2D eigenvalue weighted by Crippen LogP contribution is 2.39. The van der Waals surface area contributed by atoms with Crippen LogP contribution in [0.2, 0.25) is 0 Å². The van der Waals surface area contributed by atoms with E-state index in [1.807, 2.05) is 69.6 Å². The second-order valence-electron chi connectivity index (χ2n) is 11.4. The first-order valence-corrected chi connectivity index (χ1v) is 13.9. The number of hydrogen-bond acceptors (Lipinski definition) is 6. The van der Waals surface area contributed by atoms with Crippen LogP contribution in [0, 0.1) is 11.8 Å². The number of rotatable bonds is 6. The van der Waals surface area contributed by atoms with Crippen molar-refractivity contribution in [1.82, 2.24) is 14.6 Å². The van der Waals surface area contributed by atoms with Crippen molar-refractivity contribution in [1.29, 1.82) is 0 Å². The zero-order valence-corrected chi connectivity index (χ0v) is 23.3. The number of benzene rings is 2. The van der Waals surface area contributed by atoms with E-state index in [1.165, 1.54) is 0 Å². The van der Waals surface area contributed by atoms with E-state index in [9.17, 15) is 5.11 Å². The van der Waals surface area contributed by atoms with Crippen LogP contribution in [0.4, 0.5) is 0 Å². The molecule has 0 radical (unpaired) electrons. The second-order valence-corrected chi connectivity index (χ2v) is 11.4. The molecule has 0 atom stereocenters. The molecule has 1 aliphatic heterocycles. The average Bonchev–Trinajstić information content (AvgIpc) is 3.74. The lowest BCUT2D eigenvalue weighted by atomic mass is 9.97. The summed E-state index contributed by atoms with van der Waals surface area (Å²) in [4.78, 5) is 4.90.